The molecule has 0 aromatic carbocycles. The van der Waals surface area contributed by atoms with Crippen LogP contribution in [-0.2, 0) is 14.3 Å². The number of esters is 1. The number of nitrogens with one attached hydrogen (secondary N) is 1. The van der Waals surface area contributed by atoms with Crippen LogP contribution in [0.25, 0.3) is 0 Å². The first-order chi connectivity index (χ1) is 5.62. The Morgan fingerprint density at radius 1 is 1.58 bits per heavy atom. The molecule has 12 heavy (non-hydrogen) atoms. The summed E-state index contributed by atoms with van der Waals surface area (Å²) in [4.78, 5) is 11.3. The molecular weight excluding hydrogens is 158 g/mol. The predicted octanol–water partition coefficient (Wildman–Crippen LogP) is -0.0736. The van der Waals surface area contributed by atoms with Crippen molar-refractivity contribution in [2.24, 2.45) is 0 Å². The molecule has 0 unspecified atom stereocenters. The van der Waals surface area contributed by atoms with E-state index < -0.39 is 5.54 Å². The minimum Gasteiger partial charge on any atom is -0.468 e. The van der Waals surface area contributed by atoms with Gasteiger partial charge in [-0.15, -0.1) is 0 Å². The first-order valence-corrected chi connectivity index (χ1v) is 3.98. The van der Waals surface area contributed by atoms with Crippen LogP contribution in [0.5, 0.6) is 0 Å². The van der Waals surface area contributed by atoms with E-state index in [0.717, 1.165) is 0 Å². The summed E-state index contributed by atoms with van der Waals surface area (Å²) < 4.78 is 9.80. The highest BCUT2D eigenvalue weighted by molar-refractivity contribution is 5.80. The fourth-order valence-corrected chi connectivity index (χ4v) is 1.49. The maximum atomic E-state index is 11.3. The lowest BCUT2D eigenvalue weighted by molar-refractivity contribution is -0.147. The van der Waals surface area contributed by atoms with Gasteiger partial charge in [-0.25, -0.2) is 0 Å². The Hall–Kier alpha value is -0.610. The summed E-state index contributed by atoms with van der Waals surface area (Å²) in [7, 11) is 3.05. The van der Waals surface area contributed by atoms with E-state index in [1.54, 1.807) is 7.11 Å². The highest BCUT2D eigenvalue weighted by atomic mass is 16.5. The van der Waals surface area contributed by atoms with Gasteiger partial charge in [0.25, 0.3) is 0 Å². The first kappa shape index (κ1) is 9.48. The molecule has 4 nitrogen and oxygen atoms in total. The van der Waals surface area contributed by atoms with E-state index in [1.807, 2.05) is 6.92 Å². The molecule has 0 aliphatic carbocycles. The van der Waals surface area contributed by atoms with E-state index in [4.69, 9.17) is 4.74 Å². The summed E-state index contributed by atoms with van der Waals surface area (Å²) in [5, 5.41) is 3.09. The van der Waals surface area contributed by atoms with Gasteiger partial charge in [0.1, 0.15) is 5.54 Å². The molecule has 0 amide bonds. The topological polar surface area (TPSA) is 47.6 Å². The molecule has 0 saturated carbocycles. The maximum absolute atomic E-state index is 11.3. The Morgan fingerprint density at radius 2 is 2.25 bits per heavy atom. The van der Waals surface area contributed by atoms with Crippen LogP contribution in [0.15, 0.2) is 0 Å². The Morgan fingerprint density at radius 3 is 2.67 bits per heavy atom. The Labute approximate surface area is 72.2 Å². The highest BCUT2D eigenvalue weighted by Gasteiger charge is 2.41. The van der Waals surface area contributed by atoms with Gasteiger partial charge in [0.05, 0.1) is 13.2 Å². The van der Waals surface area contributed by atoms with Crippen LogP contribution in [0.2, 0.25) is 0 Å². The molecule has 1 N–H and O–H groups in total. The van der Waals surface area contributed by atoms with E-state index in [2.05, 4.69) is 10.1 Å². The standard InChI is InChI=1S/C8H15NO3/c1-8(7(10)12-3)4-6(11-2)5-9-8/h6,9H,4-5H2,1-3H3/t6-,8+/m1/s1. The second-order valence-corrected chi connectivity index (χ2v) is 3.27. The van der Waals surface area contributed by atoms with Crippen molar-refractivity contribution in [1.82, 2.24) is 5.32 Å². The SMILES string of the molecule is COC(=O)[C@]1(C)C[C@@H](OC)CN1. The van der Waals surface area contributed by atoms with Gasteiger partial charge in [0, 0.05) is 20.1 Å². The normalized spacial score (nSPS) is 35.1. The smallest absolute Gasteiger partial charge is 0.325 e. The monoisotopic (exact) mass is 173 g/mol. The van der Waals surface area contributed by atoms with Crippen molar-refractivity contribution in [2.45, 2.75) is 25.0 Å². The van der Waals surface area contributed by atoms with Crippen molar-refractivity contribution in [3.8, 4) is 0 Å². The van der Waals surface area contributed by atoms with Crippen LogP contribution in [0.1, 0.15) is 13.3 Å². The van der Waals surface area contributed by atoms with E-state index >= 15 is 0 Å². The van der Waals surface area contributed by atoms with Crippen LogP contribution in [0, 0.1) is 0 Å². The largest absolute Gasteiger partial charge is 0.468 e. The highest BCUT2D eigenvalue weighted by Crippen LogP contribution is 2.21. The quantitative estimate of drug-likeness (QED) is 0.594. The molecule has 1 aliphatic heterocycles. The molecule has 1 fully saturated rings. The fourth-order valence-electron chi connectivity index (χ4n) is 1.49. The molecule has 0 bridgehead atoms. The summed E-state index contributed by atoms with van der Waals surface area (Å²) in [6.07, 6.45) is 0.796. The minimum atomic E-state index is -0.560. The van der Waals surface area contributed by atoms with Crippen LogP contribution in [0.3, 0.4) is 0 Å². The molecule has 0 aromatic rings. The van der Waals surface area contributed by atoms with Crippen molar-refractivity contribution < 1.29 is 14.3 Å². The van der Waals surface area contributed by atoms with Crippen molar-refractivity contribution in [1.29, 1.82) is 0 Å². The van der Waals surface area contributed by atoms with Crippen molar-refractivity contribution in [2.75, 3.05) is 20.8 Å². The van der Waals surface area contributed by atoms with Crippen LogP contribution in [0.4, 0.5) is 0 Å². The average Bonchev–Trinajstić information content (AvgIpc) is 2.47. The predicted molar refractivity (Wildman–Crippen MR) is 43.8 cm³/mol. The summed E-state index contributed by atoms with van der Waals surface area (Å²) in [5.41, 5.74) is -0.560. The lowest BCUT2D eigenvalue weighted by atomic mass is 10.00. The number of hydrogen-bond acceptors (Lipinski definition) is 4. The first-order valence-electron chi connectivity index (χ1n) is 3.98. The zero-order valence-corrected chi connectivity index (χ0v) is 7.72. The van der Waals surface area contributed by atoms with Gasteiger partial charge < -0.3 is 9.47 Å². The zero-order valence-electron chi connectivity index (χ0n) is 7.72. The van der Waals surface area contributed by atoms with E-state index in [-0.39, 0.29) is 12.1 Å². The molecule has 70 valence electrons. The number of carbonyl (C=O) groups excluding carboxylic acids is 1. The summed E-state index contributed by atoms with van der Waals surface area (Å²) >= 11 is 0. The fraction of sp³-hybridized carbons (Fsp3) is 0.875. The van der Waals surface area contributed by atoms with Gasteiger partial charge in [-0.3, -0.25) is 10.1 Å². The molecule has 1 saturated heterocycles. The van der Waals surface area contributed by atoms with E-state index in [9.17, 15) is 4.79 Å². The number of hydrogen-bond donors (Lipinski definition) is 1. The molecule has 4 heteroatoms. The molecule has 1 rings (SSSR count). The molecular formula is C8H15NO3. The number of carbonyl (C=O) groups is 1. The zero-order chi connectivity index (χ0) is 9.19. The van der Waals surface area contributed by atoms with Crippen molar-refractivity contribution in [3.63, 3.8) is 0 Å². The third kappa shape index (κ3) is 1.59. The van der Waals surface area contributed by atoms with E-state index in [1.165, 1.54) is 7.11 Å². The lowest BCUT2D eigenvalue weighted by Gasteiger charge is -2.20. The van der Waals surface area contributed by atoms with Gasteiger partial charge in [-0.1, -0.05) is 0 Å². The third-order valence-electron chi connectivity index (χ3n) is 2.33. The van der Waals surface area contributed by atoms with Crippen LogP contribution >= 0.6 is 0 Å². The summed E-state index contributed by atoms with van der Waals surface area (Å²) in [5.74, 6) is -0.220. The lowest BCUT2D eigenvalue weighted by Crippen LogP contribution is -2.45. The van der Waals surface area contributed by atoms with Gasteiger partial charge in [-0.2, -0.15) is 0 Å². The second-order valence-electron chi connectivity index (χ2n) is 3.27. The van der Waals surface area contributed by atoms with Gasteiger partial charge in [0.15, 0.2) is 0 Å². The Kier molecular flexibility index (Phi) is 2.69. The van der Waals surface area contributed by atoms with Gasteiger partial charge in [0.2, 0.25) is 0 Å². The van der Waals surface area contributed by atoms with Gasteiger partial charge in [-0.05, 0) is 6.92 Å². The van der Waals surface area contributed by atoms with Gasteiger partial charge >= 0.3 is 5.97 Å². The summed E-state index contributed by atoms with van der Waals surface area (Å²) in [6, 6.07) is 0. The minimum absolute atomic E-state index is 0.120. The Bertz CT molecular complexity index is 183. The summed E-state index contributed by atoms with van der Waals surface area (Å²) in [6.45, 7) is 2.54. The molecule has 0 aromatic heterocycles. The van der Waals surface area contributed by atoms with E-state index in [0.29, 0.717) is 13.0 Å². The Balaban J connectivity index is 2.57. The average molecular weight is 173 g/mol. The molecule has 2 atom stereocenters. The number of ether oxygens (including phenoxy) is 2. The molecule has 1 aliphatic rings. The molecule has 0 spiro atoms. The number of rotatable bonds is 2. The maximum Gasteiger partial charge on any atom is 0.325 e. The van der Waals surface area contributed by atoms with Crippen molar-refractivity contribution in [3.05, 3.63) is 0 Å². The van der Waals surface area contributed by atoms with Crippen LogP contribution < -0.4 is 5.32 Å². The second kappa shape index (κ2) is 3.41. The number of methoxy groups -OCH3 is 2. The van der Waals surface area contributed by atoms with Crippen molar-refractivity contribution >= 4 is 5.97 Å². The third-order valence-corrected chi connectivity index (χ3v) is 2.33. The van der Waals surface area contributed by atoms with Crippen LogP contribution in [-0.4, -0.2) is 38.4 Å². The molecule has 1 heterocycles. The molecule has 0 radical (unpaired) electrons.